The van der Waals surface area contributed by atoms with Crippen LogP contribution in [0.1, 0.15) is 45.4 Å². The summed E-state index contributed by atoms with van der Waals surface area (Å²) >= 11 is 0. The Kier molecular flexibility index (Phi) is 4.02. The highest BCUT2D eigenvalue weighted by molar-refractivity contribution is 5.79. The maximum atomic E-state index is 12.4. The van der Waals surface area contributed by atoms with Crippen LogP contribution in [-0.2, 0) is 4.79 Å². The third-order valence-electron chi connectivity index (χ3n) is 4.68. The lowest BCUT2D eigenvalue weighted by Gasteiger charge is -2.34. The van der Waals surface area contributed by atoms with Crippen molar-refractivity contribution in [2.75, 3.05) is 20.1 Å². The van der Waals surface area contributed by atoms with E-state index in [0.717, 1.165) is 12.8 Å². The summed E-state index contributed by atoms with van der Waals surface area (Å²) in [5, 5.41) is 9.21. The molecule has 1 saturated carbocycles. The van der Waals surface area contributed by atoms with Gasteiger partial charge in [0.05, 0.1) is 5.41 Å². The fourth-order valence-corrected chi connectivity index (χ4v) is 3.15. The Hall–Kier alpha value is -1.26. The molecular weight excluding hydrogens is 244 g/mol. The molecule has 1 aliphatic carbocycles. The van der Waals surface area contributed by atoms with E-state index >= 15 is 0 Å². The van der Waals surface area contributed by atoms with Gasteiger partial charge in [-0.2, -0.15) is 0 Å². The van der Waals surface area contributed by atoms with Crippen LogP contribution in [0, 0.1) is 5.41 Å². The molecule has 5 heteroatoms. The van der Waals surface area contributed by atoms with Crippen LogP contribution in [0.25, 0.3) is 0 Å². The zero-order valence-electron chi connectivity index (χ0n) is 11.9. The summed E-state index contributed by atoms with van der Waals surface area (Å²) in [5.74, 6) is -0.803. The quantitative estimate of drug-likeness (QED) is 0.835. The minimum absolute atomic E-state index is 0.00289. The molecule has 1 atom stereocenters. The molecule has 2 amide bonds. The first kappa shape index (κ1) is 14.2. The number of carbonyl (C=O) groups excluding carboxylic acids is 1. The number of carboxylic acid groups (broad SMARTS) is 1. The van der Waals surface area contributed by atoms with Crippen LogP contribution >= 0.6 is 0 Å². The second-order valence-corrected chi connectivity index (χ2v) is 6.22. The molecule has 5 nitrogen and oxygen atoms in total. The predicted molar refractivity (Wildman–Crippen MR) is 72.0 cm³/mol. The lowest BCUT2D eigenvalue weighted by Crippen LogP contribution is -2.46. The van der Waals surface area contributed by atoms with Gasteiger partial charge in [0.25, 0.3) is 0 Å². The van der Waals surface area contributed by atoms with Gasteiger partial charge in [0, 0.05) is 26.2 Å². The average molecular weight is 268 g/mol. The molecule has 0 aromatic rings. The zero-order valence-corrected chi connectivity index (χ0v) is 11.9. The van der Waals surface area contributed by atoms with Gasteiger partial charge in [0.15, 0.2) is 0 Å². The molecular formula is C14H24N2O3. The van der Waals surface area contributed by atoms with E-state index in [0.29, 0.717) is 25.6 Å². The zero-order chi connectivity index (χ0) is 14.0. The summed E-state index contributed by atoms with van der Waals surface area (Å²) in [4.78, 5) is 27.1. The summed E-state index contributed by atoms with van der Waals surface area (Å²) in [6, 6.07) is 0.329. The van der Waals surface area contributed by atoms with Crippen LogP contribution in [0.15, 0.2) is 0 Å². The number of aliphatic carboxylic acids is 1. The van der Waals surface area contributed by atoms with Gasteiger partial charge in [-0.3, -0.25) is 4.79 Å². The van der Waals surface area contributed by atoms with Crippen LogP contribution in [0.2, 0.25) is 0 Å². The third kappa shape index (κ3) is 2.85. The van der Waals surface area contributed by atoms with Crippen molar-refractivity contribution in [2.24, 2.45) is 5.41 Å². The van der Waals surface area contributed by atoms with E-state index in [1.807, 2.05) is 11.9 Å². The summed E-state index contributed by atoms with van der Waals surface area (Å²) in [6.45, 7) is 2.61. The maximum Gasteiger partial charge on any atom is 0.320 e. The van der Waals surface area contributed by atoms with Gasteiger partial charge in [-0.05, 0) is 26.2 Å². The molecule has 0 bridgehead atoms. The van der Waals surface area contributed by atoms with Crippen LogP contribution < -0.4 is 0 Å². The van der Waals surface area contributed by atoms with Crippen molar-refractivity contribution in [3.63, 3.8) is 0 Å². The van der Waals surface area contributed by atoms with Crippen molar-refractivity contribution >= 4 is 12.0 Å². The number of amides is 2. The Morgan fingerprint density at radius 1 is 1.26 bits per heavy atom. The predicted octanol–water partition coefficient (Wildman–Crippen LogP) is 2.17. The average Bonchev–Trinajstić information content (AvgIpc) is 2.82. The monoisotopic (exact) mass is 268 g/mol. The Labute approximate surface area is 114 Å². The van der Waals surface area contributed by atoms with Crippen molar-refractivity contribution in [3.8, 4) is 0 Å². The lowest BCUT2D eigenvalue weighted by molar-refractivity contribution is -0.147. The number of nitrogens with zero attached hydrogens (tertiary/aromatic N) is 2. The van der Waals surface area contributed by atoms with E-state index in [-0.39, 0.29) is 6.03 Å². The summed E-state index contributed by atoms with van der Waals surface area (Å²) < 4.78 is 0. The van der Waals surface area contributed by atoms with Crippen molar-refractivity contribution < 1.29 is 14.7 Å². The Morgan fingerprint density at radius 2 is 1.89 bits per heavy atom. The van der Waals surface area contributed by atoms with E-state index in [2.05, 4.69) is 0 Å². The van der Waals surface area contributed by atoms with Crippen LogP contribution in [0.3, 0.4) is 0 Å². The van der Waals surface area contributed by atoms with Crippen LogP contribution in [0.4, 0.5) is 4.79 Å². The Morgan fingerprint density at radius 3 is 2.42 bits per heavy atom. The van der Waals surface area contributed by atoms with E-state index < -0.39 is 11.4 Å². The smallest absolute Gasteiger partial charge is 0.320 e. The second-order valence-electron chi connectivity index (χ2n) is 6.22. The van der Waals surface area contributed by atoms with E-state index in [1.165, 1.54) is 19.3 Å². The molecule has 1 aliphatic heterocycles. The Bertz CT molecular complexity index is 366. The highest BCUT2D eigenvalue weighted by Gasteiger charge is 2.43. The fraction of sp³-hybridized carbons (Fsp3) is 0.857. The first-order valence-electron chi connectivity index (χ1n) is 7.19. The van der Waals surface area contributed by atoms with Crippen molar-refractivity contribution in [1.29, 1.82) is 0 Å². The second kappa shape index (κ2) is 5.39. The SMILES string of the molecule is CN(C(=O)N1CCC(C)(C(=O)O)C1)C1CCCCC1. The van der Waals surface area contributed by atoms with E-state index in [9.17, 15) is 14.7 Å². The first-order chi connectivity index (χ1) is 8.94. The summed E-state index contributed by atoms with van der Waals surface area (Å²) in [7, 11) is 1.86. The molecule has 2 fully saturated rings. The van der Waals surface area contributed by atoms with Gasteiger partial charge >= 0.3 is 12.0 Å². The summed E-state index contributed by atoms with van der Waals surface area (Å²) in [5.41, 5.74) is -0.775. The number of urea groups is 1. The van der Waals surface area contributed by atoms with Gasteiger partial charge in [0.1, 0.15) is 0 Å². The fourth-order valence-electron chi connectivity index (χ4n) is 3.15. The number of likely N-dealkylation sites (tertiary alicyclic amines) is 1. The third-order valence-corrected chi connectivity index (χ3v) is 4.68. The van der Waals surface area contributed by atoms with E-state index in [4.69, 9.17) is 0 Å². The number of hydrogen-bond acceptors (Lipinski definition) is 2. The molecule has 1 heterocycles. The minimum Gasteiger partial charge on any atom is -0.481 e. The molecule has 2 rings (SSSR count). The normalized spacial score (nSPS) is 28.4. The number of hydrogen-bond donors (Lipinski definition) is 1. The van der Waals surface area contributed by atoms with Gasteiger partial charge in [-0.1, -0.05) is 19.3 Å². The Balaban J connectivity index is 1.95. The molecule has 1 unspecified atom stereocenters. The standard InChI is InChI=1S/C14H24N2O3/c1-14(12(17)18)8-9-16(10-14)13(19)15(2)11-6-4-3-5-7-11/h11H,3-10H2,1-2H3,(H,17,18). The minimum atomic E-state index is -0.803. The number of rotatable bonds is 2. The highest BCUT2D eigenvalue weighted by Crippen LogP contribution is 2.31. The van der Waals surface area contributed by atoms with Crippen LogP contribution in [-0.4, -0.2) is 53.1 Å². The molecule has 2 aliphatic rings. The lowest BCUT2D eigenvalue weighted by atomic mass is 9.90. The summed E-state index contributed by atoms with van der Waals surface area (Å²) in [6.07, 6.45) is 6.34. The van der Waals surface area contributed by atoms with Crippen molar-refractivity contribution in [1.82, 2.24) is 9.80 Å². The molecule has 108 valence electrons. The number of carboxylic acids is 1. The largest absolute Gasteiger partial charge is 0.481 e. The van der Waals surface area contributed by atoms with Crippen molar-refractivity contribution in [2.45, 2.75) is 51.5 Å². The molecule has 0 aromatic carbocycles. The topological polar surface area (TPSA) is 60.9 Å². The molecule has 0 spiro atoms. The van der Waals surface area contributed by atoms with Crippen LogP contribution in [0.5, 0.6) is 0 Å². The maximum absolute atomic E-state index is 12.4. The molecule has 0 radical (unpaired) electrons. The molecule has 0 aromatic heterocycles. The van der Waals surface area contributed by atoms with Gasteiger partial charge in [-0.25, -0.2) is 4.79 Å². The van der Waals surface area contributed by atoms with E-state index in [1.54, 1.807) is 11.8 Å². The number of carbonyl (C=O) groups is 2. The molecule has 1 saturated heterocycles. The van der Waals surface area contributed by atoms with Gasteiger partial charge in [0.2, 0.25) is 0 Å². The van der Waals surface area contributed by atoms with Crippen molar-refractivity contribution in [3.05, 3.63) is 0 Å². The highest BCUT2D eigenvalue weighted by atomic mass is 16.4. The van der Waals surface area contributed by atoms with Gasteiger partial charge < -0.3 is 14.9 Å². The first-order valence-corrected chi connectivity index (χ1v) is 7.19. The molecule has 1 N–H and O–H groups in total. The van der Waals surface area contributed by atoms with Gasteiger partial charge in [-0.15, -0.1) is 0 Å². The molecule has 19 heavy (non-hydrogen) atoms.